The van der Waals surface area contributed by atoms with Crippen LogP contribution < -0.4 is 0 Å². The zero-order valence-corrected chi connectivity index (χ0v) is 11.8. The van der Waals surface area contributed by atoms with Gasteiger partial charge in [0, 0.05) is 6.04 Å². The Labute approximate surface area is 110 Å². The lowest BCUT2D eigenvalue weighted by atomic mass is 9.84. The lowest BCUT2D eigenvalue weighted by molar-refractivity contribution is 0.114. The van der Waals surface area contributed by atoms with E-state index >= 15 is 0 Å². The highest BCUT2D eigenvalue weighted by Gasteiger charge is 2.29. The van der Waals surface area contributed by atoms with Crippen LogP contribution >= 0.6 is 11.6 Å². The van der Waals surface area contributed by atoms with Gasteiger partial charge in [0.1, 0.15) is 0 Å². The lowest BCUT2D eigenvalue weighted by Gasteiger charge is -2.41. The molecule has 2 rings (SSSR count). The normalized spacial score (nSPS) is 25.8. The third-order valence-electron chi connectivity index (χ3n) is 4.26. The Morgan fingerprint density at radius 3 is 2.71 bits per heavy atom. The van der Waals surface area contributed by atoms with Crippen LogP contribution in [0.1, 0.15) is 46.0 Å². The quantitative estimate of drug-likeness (QED) is 0.724. The number of rotatable bonds is 3. The molecule has 0 saturated heterocycles. The van der Waals surface area contributed by atoms with Crippen LogP contribution in [0.25, 0.3) is 0 Å². The van der Waals surface area contributed by atoms with Crippen LogP contribution in [-0.4, -0.2) is 41.0 Å². The summed E-state index contributed by atoms with van der Waals surface area (Å²) in [6.07, 6.45) is 6.89. The summed E-state index contributed by atoms with van der Waals surface area (Å²) >= 11 is 6.27. The third kappa shape index (κ3) is 3.14. The maximum atomic E-state index is 6.27. The topological polar surface area (TPSA) is 18.8 Å². The molecular formula is C13H24ClN3. The van der Waals surface area contributed by atoms with Crippen molar-refractivity contribution in [2.45, 2.75) is 52.0 Å². The molecule has 17 heavy (non-hydrogen) atoms. The molecule has 0 spiro atoms. The molecule has 98 valence electrons. The van der Waals surface area contributed by atoms with E-state index in [4.69, 9.17) is 11.6 Å². The van der Waals surface area contributed by atoms with Gasteiger partial charge >= 0.3 is 0 Å². The van der Waals surface area contributed by atoms with E-state index in [2.05, 4.69) is 28.6 Å². The Balaban J connectivity index is 1.99. The summed E-state index contributed by atoms with van der Waals surface area (Å²) in [6, 6.07) is 0.529. The van der Waals surface area contributed by atoms with Crippen molar-refractivity contribution in [3.63, 3.8) is 0 Å². The van der Waals surface area contributed by atoms with Gasteiger partial charge in [-0.25, -0.2) is 4.99 Å². The van der Waals surface area contributed by atoms with Crippen LogP contribution in [0.5, 0.6) is 0 Å². The standard InChI is InChI=1S/C13H24ClN3/c1-3-16-9-15-13(14)17(10-16)11(2)12-7-5-4-6-8-12/h11-12H,3-10H2,1-2H3/t11-/m0/s1. The number of hydrogen-bond acceptors (Lipinski definition) is 3. The molecular weight excluding hydrogens is 234 g/mol. The van der Waals surface area contributed by atoms with E-state index < -0.39 is 0 Å². The largest absolute Gasteiger partial charge is 0.331 e. The molecule has 0 aromatic carbocycles. The summed E-state index contributed by atoms with van der Waals surface area (Å²) in [7, 11) is 0. The van der Waals surface area contributed by atoms with Gasteiger partial charge in [-0.2, -0.15) is 0 Å². The summed E-state index contributed by atoms with van der Waals surface area (Å²) in [5.74, 6) is 0.796. The predicted molar refractivity (Wildman–Crippen MR) is 73.3 cm³/mol. The van der Waals surface area contributed by atoms with Gasteiger partial charge in [0.2, 0.25) is 0 Å². The second kappa shape index (κ2) is 6.05. The van der Waals surface area contributed by atoms with E-state index in [1.54, 1.807) is 0 Å². The Morgan fingerprint density at radius 1 is 1.35 bits per heavy atom. The number of nitrogens with zero attached hydrogens (tertiary/aromatic N) is 3. The van der Waals surface area contributed by atoms with E-state index in [1.165, 1.54) is 32.1 Å². The van der Waals surface area contributed by atoms with E-state index in [9.17, 15) is 0 Å². The van der Waals surface area contributed by atoms with Gasteiger partial charge in [-0.05, 0) is 43.8 Å². The Hall–Kier alpha value is -0.280. The molecule has 0 radical (unpaired) electrons. The zero-order valence-electron chi connectivity index (χ0n) is 11.0. The van der Waals surface area contributed by atoms with Crippen molar-refractivity contribution < 1.29 is 0 Å². The van der Waals surface area contributed by atoms with Crippen molar-refractivity contribution in [2.24, 2.45) is 10.9 Å². The second-order valence-corrected chi connectivity index (χ2v) is 5.64. The minimum Gasteiger partial charge on any atom is -0.331 e. The molecule has 3 nitrogen and oxygen atoms in total. The maximum Gasteiger partial charge on any atom is 0.196 e. The number of aliphatic imine (C=N–C) groups is 1. The molecule has 2 aliphatic rings. The van der Waals surface area contributed by atoms with Crippen LogP contribution in [0.3, 0.4) is 0 Å². The van der Waals surface area contributed by atoms with Crippen LogP contribution in [0.4, 0.5) is 0 Å². The smallest absolute Gasteiger partial charge is 0.196 e. The highest BCUT2D eigenvalue weighted by atomic mass is 35.5. The van der Waals surface area contributed by atoms with E-state index in [0.717, 1.165) is 25.8 Å². The molecule has 1 saturated carbocycles. The summed E-state index contributed by atoms with van der Waals surface area (Å²) < 4.78 is 0. The molecule has 4 heteroatoms. The van der Waals surface area contributed by atoms with Crippen molar-refractivity contribution >= 4 is 16.9 Å². The SMILES string of the molecule is CCN1CN=C(Cl)N([C@@H](C)C2CCCCC2)C1. The molecule has 1 heterocycles. The van der Waals surface area contributed by atoms with E-state index in [0.29, 0.717) is 11.3 Å². The van der Waals surface area contributed by atoms with Gasteiger partial charge in [-0.3, -0.25) is 4.90 Å². The highest BCUT2D eigenvalue weighted by Crippen LogP contribution is 2.30. The lowest BCUT2D eigenvalue weighted by Crippen LogP contribution is -2.50. The average Bonchev–Trinajstić information content (AvgIpc) is 2.39. The fourth-order valence-corrected chi connectivity index (χ4v) is 3.20. The van der Waals surface area contributed by atoms with Gasteiger partial charge in [0.25, 0.3) is 0 Å². The zero-order chi connectivity index (χ0) is 12.3. The van der Waals surface area contributed by atoms with Crippen molar-refractivity contribution in [1.82, 2.24) is 9.80 Å². The average molecular weight is 258 g/mol. The Bertz CT molecular complexity index is 274. The molecule has 0 N–H and O–H groups in total. The fourth-order valence-electron chi connectivity index (χ4n) is 2.94. The van der Waals surface area contributed by atoms with Crippen molar-refractivity contribution in [1.29, 1.82) is 0 Å². The first-order chi connectivity index (χ1) is 8.22. The Kier molecular flexibility index (Phi) is 4.69. The highest BCUT2D eigenvalue weighted by molar-refractivity contribution is 6.64. The number of hydrogen-bond donors (Lipinski definition) is 0. The van der Waals surface area contributed by atoms with Gasteiger partial charge in [-0.15, -0.1) is 0 Å². The van der Waals surface area contributed by atoms with Gasteiger partial charge < -0.3 is 4.90 Å². The molecule has 0 amide bonds. The molecule has 1 aliphatic heterocycles. The maximum absolute atomic E-state index is 6.27. The minimum atomic E-state index is 0.529. The first-order valence-corrected chi connectivity index (χ1v) is 7.29. The molecule has 0 aromatic heterocycles. The Morgan fingerprint density at radius 2 is 2.06 bits per heavy atom. The number of amidine groups is 1. The summed E-state index contributed by atoms with van der Waals surface area (Å²) in [5, 5.41) is 0.716. The molecule has 0 bridgehead atoms. The predicted octanol–water partition coefficient (Wildman–Crippen LogP) is 3.10. The molecule has 1 fully saturated rings. The minimum absolute atomic E-state index is 0.529. The van der Waals surface area contributed by atoms with Crippen molar-refractivity contribution in [3.8, 4) is 0 Å². The van der Waals surface area contributed by atoms with Crippen LogP contribution in [0.15, 0.2) is 4.99 Å². The molecule has 0 unspecified atom stereocenters. The molecule has 1 atom stereocenters. The van der Waals surface area contributed by atoms with Crippen LogP contribution in [0, 0.1) is 5.92 Å². The number of halogens is 1. The van der Waals surface area contributed by atoms with Crippen LogP contribution in [-0.2, 0) is 0 Å². The summed E-state index contributed by atoms with van der Waals surface area (Å²) in [6.45, 7) is 7.23. The van der Waals surface area contributed by atoms with Gasteiger partial charge in [-0.1, -0.05) is 26.2 Å². The van der Waals surface area contributed by atoms with E-state index in [-0.39, 0.29) is 0 Å². The van der Waals surface area contributed by atoms with Gasteiger partial charge in [0.15, 0.2) is 5.29 Å². The van der Waals surface area contributed by atoms with Crippen molar-refractivity contribution in [3.05, 3.63) is 0 Å². The van der Waals surface area contributed by atoms with E-state index in [1.807, 2.05) is 0 Å². The second-order valence-electron chi connectivity index (χ2n) is 5.31. The summed E-state index contributed by atoms with van der Waals surface area (Å²) in [5.41, 5.74) is 0. The first-order valence-electron chi connectivity index (χ1n) is 6.91. The van der Waals surface area contributed by atoms with Crippen molar-refractivity contribution in [2.75, 3.05) is 19.9 Å². The molecule has 0 aromatic rings. The summed E-state index contributed by atoms with van der Waals surface area (Å²) in [4.78, 5) is 9.02. The monoisotopic (exact) mass is 257 g/mol. The third-order valence-corrected chi connectivity index (χ3v) is 4.60. The van der Waals surface area contributed by atoms with Crippen LogP contribution in [0.2, 0.25) is 0 Å². The van der Waals surface area contributed by atoms with Gasteiger partial charge in [0.05, 0.1) is 13.3 Å². The fraction of sp³-hybridized carbons (Fsp3) is 0.923. The first kappa shape index (κ1) is 13.2. The molecule has 1 aliphatic carbocycles.